The van der Waals surface area contributed by atoms with E-state index in [2.05, 4.69) is 27.2 Å². The molecular weight excluding hydrogens is 324 g/mol. The molecule has 4 aromatic rings. The zero-order valence-corrected chi connectivity index (χ0v) is 14.3. The fraction of sp³-hybridized carbons (Fsp3) is 0.0500. The number of amidine groups is 1. The Morgan fingerprint density at radius 1 is 1.00 bits per heavy atom. The molecule has 3 heterocycles. The molecule has 0 saturated carbocycles. The van der Waals surface area contributed by atoms with Crippen LogP contribution in [0.2, 0.25) is 0 Å². The van der Waals surface area contributed by atoms with Crippen LogP contribution in [-0.4, -0.2) is 20.2 Å². The lowest BCUT2D eigenvalue weighted by molar-refractivity contribution is 1.14. The van der Waals surface area contributed by atoms with Gasteiger partial charge in [0.25, 0.3) is 0 Å². The van der Waals surface area contributed by atoms with Gasteiger partial charge in [0.05, 0.1) is 11.9 Å². The van der Waals surface area contributed by atoms with Crippen molar-refractivity contribution in [3.8, 4) is 22.4 Å². The maximum Gasteiger partial charge on any atom is 0.168 e. The molecule has 4 N–H and O–H groups in total. The van der Waals surface area contributed by atoms with Gasteiger partial charge >= 0.3 is 0 Å². The van der Waals surface area contributed by atoms with Gasteiger partial charge in [0.1, 0.15) is 11.3 Å². The summed E-state index contributed by atoms with van der Waals surface area (Å²) in [6.45, 7) is 1.99. The number of hydrazone groups is 1. The lowest BCUT2D eigenvalue weighted by Crippen LogP contribution is -2.17. The number of aryl methyl sites for hydroxylation is 1. The van der Waals surface area contributed by atoms with E-state index >= 15 is 0 Å². The monoisotopic (exact) mass is 342 g/mol. The van der Waals surface area contributed by atoms with Crippen LogP contribution in [0.5, 0.6) is 0 Å². The third-order valence-electron chi connectivity index (χ3n) is 4.31. The van der Waals surface area contributed by atoms with Crippen LogP contribution in [0.3, 0.4) is 0 Å². The summed E-state index contributed by atoms with van der Waals surface area (Å²) in [6.07, 6.45) is 3.66. The van der Waals surface area contributed by atoms with E-state index in [-0.39, 0.29) is 5.84 Å². The lowest BCUT2D eigenvalue weighted by Gasteiger charge is -2.11. The first kappa shape index (κ1) is 15.8. The van der Waals surface area contributed by atoms with Crippen LogP contribution in [0.4, 0.5) is 0 Å². The molecule has 0 spiro atoms. The normalized spacial score (nSPS) is 11.8. The van der Waals surface area contributed by atoms with E-state index in [1.165, 1.54) is 0 Å². The Balaban J connectivity index is 1.91. The van der Waals surface area contributed by atoms with Gasteiger partial charge in [0.2, 0.25) is 0 Å². The molecule has 0 aliphatic rings. The van der Waals surface area contributed by atoms with E-state index in [1.807, 2.05) is 60.0 Å². The molecule has 128 valence electrons. The third-order valence-corrected chi connectivity index (χ3v) is 4.31. The molecule has 0 bridgehead atoms. The van der Waals surface area contributed by atoms with Gasteiger partial charge in [0, 0.05) is 17.5 Å². The number of rotatable bonds is 3. The Bertz CT molecular complexity index is 1130. The molecule has 6 nitrogen and oxygen atoms in total. The Morgan fingerprint density at radius 3 is 2.58 bits per heavy atom. The van der Waals surface area contributed by atoms with Crippen LogP contribution in [0.15, 0.2) is 72.1 Å². The number of benzene rings is 1. The molecule has 26 heavy (non-hydrogen) atoms. The van der Waals surface area contributed by atoms with Crippen LogP contribution in [0, 0.1) is 6.92 Å². The number of nitrogens with zero attached hydrogens (tertiary/aromatic N) is 4. The molecule has 0 amide bonds. The van der Waals surface area contributed by atoms with Gasteiger partial charge in [-0.15, -0.1) is 0 Å². The van der Waals surface area contributed by atoms with Crippen molar-refractivity contribution in [2.24, 2.45) is 16.7 Å². The summed E-state index contributed by atoms with van der Waals surface area (Å²) < 4.78 is 1.89. The SMILES string of the molecule is Cc1cccc(-c2ccccc2-c2ccc3ncc(/C(N)=N/N)n3c2)n1. The summed E-state index contributed by atoms with van der Waals surface area (Å²) in [5.74, 6) is 5.57. The van der Waals surface area contributed by atoms with E-state index in [0.29, 0.717) is 5.69 Å². The van der Waals surface area contributed by atoms with Gasteiger partial charge in [-0.1, -0.05) is 30.3 Å². The smallest absolute Gasteiger partial charge is 0.168 e. The molecule has 0 aliphatic heterocycles. The molecule has 0 radical (unpaired) electrons. The fourth-order valence-electron chi connectivity index (χ4n) is 3.05. The van der Waals surface area contributed by atoms with E-state index < -0.39 is 0 Å². The Labute approximate surface area is 150 Å². The largest absolute Gasteiger partial charge is 0.380 e. The van der Waals surface area contributed by atoms with Crippen LogP contribution >= 0.6 is 0 Å². The Morgan fingerprint density at radius 2 is 1.81 bits per heavy atom. The number of imidazole rings is 1. The summed E-state index contributed by atoms with van der Waals surface area (Å²) in [5.41, 5.74) is 12.4. The molecule has 4 rings (SSSR count). The quantitative estimate of drug-likeness (QED) is 0.259. The first-order chi connectivity index (χ1) is 12.7. The molecule has 1 aromatic carbocycles. The van der Waals surface area contributed by atoms with Gasteiger partial charge in [-0.3, -0.25) is 9.38 Å². The molecule has 0 saturated heterocycles. The highest BCUT2D eigenvalue weighted by Gasteiger charge is 2.12. The Hall–Kier alpha value is -3.67. The van der Waals surface area contributed by atoms with Crippen molar-refractivity contribution in [2.45, 2.75) is 6.92 Å². The molecule has 0 unspecified atom stereocenters. The van der Waals surface area contributed by atoms with E-state index in [9.17, 15) is 0 Å². The van der Waals surface area contributed by atoms with Gasteiger partial charge in [-0.25, -0.2) is 4.98 Å². The topological polar surface area (TPSA) is 94.6 Å². The summed E-state index contributed by atoms with van der Waals surface area (Å²) in [5, 5.41) is 3.58. The summed E-state index contributed by atoms with van der Waals surface area (Å²) in [6, 6.07) is 18.2. The zero-order chi connectivity index (χ0) is 18.1. The highest BCUT2D eigenvalue weighted by atomic mass is 15.2. The van der Waals surface area contributed by atoms with Crippen molar-refractivity contribution in [3.63, 3.8) is 0 Å². The highest BCUT2D eigenvalue weighted by Crippen LogP contribution is 2.31. The standard InChI is InChI=1S/C20H18N6/c1-13-5-4-8-17(24-13)16-7-3-2-6-15(16)14-9-10-19-23-11-18(20(21)25-22)26(19)12-14/h2-12H,22H2,1H3,(H2,21,25). The number of aromatic nitrogens is 3. The minimum Gasteiger partial charge on any atom is -0.380 e. The molecule has 0 aliphatic carbocycles. The minimum absolute atomic E-state index is 0.239. The van der Waals surface area contributed by atoms with Gasteiger partial charge < -0.3 is 11.6 Å². The first-order valence-electron chi connectivity index (χ1n) is 8.21. The van der Waals surface area contributed by atoms with Crippen molar-refractivity contribution in [1.82, 2.24) is 14.4 Å². The molecule has 6 heteroatoms. The summed E-state index contributed by atoms with van der Waals surface area (Å²) in [7, 11) is 0. The minimum atomic E-state index is 0.239. The van der Waals surface area contributed by atoms with Gasteiger partial charge in [0.15, 0.2) is 5.84 Å². The van der Waals surface area contributed by atoms with Crippen molar-refractivity contribution in [2.75, 3.05) is 0 Å². The van der Waals surface area contributed by atoms with Crippen LogP contribution in [0.25, 0.3) is 28.0 Å². The Kier molecular flexibility index (Phi) is 3.85. The summed E-state index contributed by atoms with van der Waals surface area (Å²) in [4.78, 5) is 9.02. The lowest BCUT2D eigenvalue weighted by atomic mass is 9.98. The van der Waals surface area contributed by atoms with Gasteiger partial charge in [-0.2, -0.15) is 5.10 Å². The van der Waals surface area contributed by atoms with E-state index in [0.717, 1.165) is 33.7 Å². The number of nitrogens with two attached hydrogens (primary N) is 2. The van der Waals surface area contributed by atoms with E-state index in [4.69, 9.17) is 11.6 Å². The predicted molar refractivity (Wildman–Crippen MR) is 104 cm³/mol. The second kappa shape index (κ2) is 6.33. The molecular formula is C20H18N6. The van der Waals surface area contributed by atoms with Crippen molar-refractivity contribution in [1.29, 1.82) is 0 Å². The van der Waals surface area contributed by atoms with Crippen molar-refractivity contribution >= 4 is 11.5 Å². The number of pyridine rings is 2. The van der Waals surface area contributed by atoms with Crippen LogP contribution in [0.1, 0.15) is 11.4 Å². The van der Waals surface area contributed by atoms with Gasteiger partial charge in [-0.05, 0) is 42.3 Å². The number of hydrogen-bond acceptors (Lipinski definition) is 4. The first-order valence-corrected chi connectivity index (χ1v) is 8.21. The second-order valence-corrected chi connectivity index (χ2v) is 6.01. The molecule has 0 atom stereocenters. The average Bonchev–Trinajstić information content (AvgIpc) is 3.10. The number of hydrogen-bond donors (Lipinski definition) is 2. The third kappa shape index (κ3) is 2.67. The number of fused-ring (bicyclic) bond motifs is 1. The van der Waals surface area contributed by atoms with E-state index in [1.54, 1.807) is 6.20 Å². The summed E-state index contributed by atoms with van der Waals surface area (Å²) >= 11 is 0. The van der Waals surface area contributed by atoms with Crippen molar-refractivity contribution in [3.05, 3.63) is 78.4 Å². The average molecular weight is 342 g/mol. The van der Waals surface area contributed by atoms with Crippen molar-refractivity contribution < 1.29 is 0 Å². The second-order valence-electron chi connectivity index (χ2n) is 6.01. The van der Waals surface area contributed by atoms with Crippen LogP contribution < -0.4 is 11.6 Å². The maximum atomic E-state index is 5.89. The molecule has 0 fully saturated rings. The molecule has 3 aromatic heterocycles. The maximum absolute atomic E-state index is 5.89. The zero-order valence-electron chi connectivity index (χ0n) is 14.3. The highest BCUT2D eigenvalue weighted by molar-refractivity contribution is 5.96. The fourth-order valence-corrected chi connectivity index (χ4v) is 3.05. The van der Waals surface area contributed by atoms with Crippen LogP contribution in [-0.2, 0) is 0 Å². The predicted octanol–water partition coefficient (Wildman–Crippen LogP) is 2.95.